The lowest BCUT2D eigenvalue weighted by atomic mass is 9.89. The minimum absolute atomic E-state index is 0.0216. The molecule has 1 saturated heterocycles. The summed E-state index contributed by atoms with van der Waals surface area (Å²) in [6.45, 7) is 1.72. The summed E-state index contributed by atoms with van der Waals surface area (Å²) in [6.07, 6.45) is 7.22. The zero-order chi connectivity index (χ0) is 29.5. The summed E-state index contributed by atoms with van der Waals surface area (Å²) in [5, 5.41) is 9.10. The molecule has 2 fully saturated rings. The zero-order valence-electron chi connectivity index (χ0n) is 24.5. The molecule has 1 N–H and O–H groups in total. The number of ether oxygens (including phenoxy) is 3. The molecule has 11 nitrogen and oxygen atoms in total. The van der Waals surface area contributed by atoms with Crippen LogP contribution in [0.4, 0.5) is 5.69 Å². The van der Waals surface area contributed by atoms with E-state index in [0.29, 0.717) is 36.8 Å². The van der Waals surface area contributed by atoms with Crippen molar-refractivity contribution in [2.45, 2.75) is 43.7 Å². The van der Waals surface area contributed by atoms with Crippen LogP contribution in [0.15, 0.2) is 67.1 Å². The highest BCUT2D eigenvalue weighted by atomic mass is 16.5. The van der Waals surface area contributed by atoms with Crippen molar-refractivity contribution in [2.24, 2.45) is 0 Å². The molecule has 5 aromatic rings. The molecule has 43 heavy (non-hydrogen) atoms. The van der Waals surface area contributed by atoms with Crippen LogP contribution in [-0.2, 0) is 20.8 Å². The molecule has 0 radical (unpaired) electrons. The number of aromatic nitrogens is 5. The number of methoxy groups -OCH3 is 2. The number of hydrogen-bond donors (Lipinski definition) is 1. The number of benzene rings is 1. The second-order valence-electron chi connectivity index (χ2n) is 11.3. The fraction of sp³-hybridized carbons (Fsp3) is 0.375. The number of fused-ring (bicyclic) bond motifs is 2. The van der Waals surface area contributed by atoms with Gasteiger partial charge < -0.3 is 29.0 Å². The first kappa shape index (κ1) is 27.5. The monoisotopic (exact) mass is 581 g/mol. The summed E-state index contributed by atoms with van der Waals surface area (Å²) in [7, 11) is 5.42. The van der Waals surface area contributed by atoms with Crippen LogP contribution in [0.25, 0.3) is 27.9 Å². The Labute approximate surface area is 249 Å². The van der Waals surface area contributed by atoms with Crippen molar-refractivity contribution < 1.29 is 19.0 Å². The molecule has 1 aromatic carbocycles. The zero-order valence-corrected chi connectivity index (χ0v) is 24.5. The molecule has 0 bridgehead atoms. The van der Waals surface area contributed by atoms with E-state index in [1.54, 1.807) is 31.1 Å². The SMILES string of the molecule is CO[C@@H]1COC[C@H]1n1cc(-c2cc(N(C)Cc3ccccc3)c3ncc(C(=O)N[C@@H]4CC[C@H]4OC)n3n2)c2cccnc21. The summed E-state index contributed by atoms with van der Waals surface area (Å²) in [4.78, 5) is 25.1. The summed E-state index contributed by atoms with van der Waals surface area (Å²) in [5.74, 6) is -0.226. The van der Waals surface area contributed by atoms with Crippen LogP contribution in [0.3, 0.4) is 0 Å². The van der Waals surface area contributed by atoms with E-state index < -0.39 is 0 Å². The summed E-state index contributed by atoms with van der Waals surface area (Å²) in [5.41, 5.74) is 5.44. The lowest BCUT2D eigenvalue weighted by Gasteiger charge is -2.35. The number of carbonyl (C=O) groups is 1. The minimum atomic E-state index is -0.226. The molecule has 4 aromatic heterocycles. The predicted molar refractivity (Wildman–Crippen MR) is 162 cm³/mol. The smallest absolute Gasteiger partial charge is 0.271 e. The fourth-order valence-corrected chi connectivity index (χ4v) is 6.17. The largest absolute Gasteiger partial charge is 0.379 e. The van der Waals surface area contributed by atoms with E-state index in [9.17, 15) is 4.79 Å². The number of amides is 1. The Morgan fingerprint density at radius 3 is 2.65 bits per heavy atom. The highest BCUT2D eigenvalue weighted by Gasteiger charge is 2.34. The molecular formula is C32H35N7O4. The normalized spacial score (nSPS) is 21.7. The van der Waals surface area contributed by atoms with Gasteiger partial charge in [-0.3, -0.25) is 4.79 Å². The van der Waals surface area contributed by atoms with Gasteiger partial charge in [0.05, 0.1) is 49.0 Å². The Kier molecular flexibility index (Phi) is 7.29. The van der Waals surface area contributed by atoms with Crippen LogP contribution in [0, 0.1) is 0 Å². The number of imidazole rings is 1. The van der Waals surface area contributed by atoms with Gasteiger partial charge in [-0.25, -0.2) is 14.5 Å². The molecular weight excluding hydrogens is 546 g/mol. The summed E-state index contributed by atoms with van der Waals surface area (Å²) in [6, 6.07) is 16.2. The molecule has 7 rings (SSSR count). The quantitative estimate of drug-likeness (QED) is 0.280. The van der Waals surface area contributed by atoms with E-state index in [0.717, 1.165) is 40.7 Å². The van der Waals surface area contributed by atoms with Crippen LogP contribution in [0.1, 0.15) is 34.9 Å². The molecule has 11 heteroatoms. The lowest BCUT2D eigenvalue weighted by Crippen LogP contribution is -2.51. The number of hydrogen-bond acceptors (Lipinski definition) is 8. The summed E-state index contributed by atoms with van der Waals surface area (Å²) >= 11 is 0. The Hall–Kier alpha value is -4.32. The van der Waals surface area contributed by atoms with Gasteiger partial charge >= 0.3 is 0 Å². The van der Waals surface area contributed by atoms with Crippen molar-refractivity contribution in [3.05, 3.63) is 78.4 Å². The molecule has 0 unspecified atom stereocenters. The lowest BCUT2D eigenvalue weighted by molar-refractivity contribution is 0.00718. The van der Waals surface area contributed by atoms with Gasteiger partial charge in [0, 0.05) is 51.2 Å². The molecule has 5 heterocycles. The van der Waals surface area contributed by atoms with Gasteiger partial charge in [-0.05, 0) is 36.6 Å². The van der Waals surface area contributed by atoms with Crippen molar-refractivity contribution in [1.29, 1.82) is 0 Å². The third kappa shape index (κ3) is 4.93. The van der Waals surface area contributed by atoms with Crippen LogP contribution >= 0.6 is 0 Å². The van der Waals surface area contributed by atoms with Gasteiger partial charge in [-0.1, -0.05) is 30.3 Å². The van der Waals surface area contributed by atoms with Gasteiger partial charge in [0.2, 0.25) is 0 Å². The maximum atomic E-state index is 13.5. The van der Waals surface area contributed by atoms with Crippen molar-refractivity contribution in [2.75, 3.05) is 39.4 Å². The van der Waals surface area contributed by atoms with Gasteiger partial charge in [0.1, 0.15) is 11.8 Å². The molecule has 1 aliphatic carbocycles. The first-order valence-corrected chi connectivity index (χ1v) is 14.6. The molecule has 1 amide bonds. The Morgan fingerprint density at radius 2 is 1.88 bits per heavy atom. The first-order valence-electron chi connectivity index (χ1n) is 14.6. The highest BCUT2D eigenvalue weighted by molar-refractivity contribution is 5.96. The number of nitrogens with zero attached hydrogens (tertiary/aromatic N) is 6. The maximum absolute atomic E-state index is 13.5. The second-order valence-corrected chi connectivity index (χ2v) is 11.3. The van der Waals surface area contributed by atoms with Crippen molar-refractivity contribution in [3.8, 4) is 11.3 Å². The van der Waals surface area contributed by atoms with E-state index in [2.05, 4.69) is 33.1 Å². The van der Waals surface area contributed by atoms with Crippen LogP contribution in [0.5, 0.6) is 0 Å². The molecule has 4 atom stereocenters. The average molecular weight is 582 g/mol. The topological polar surface area (TPSA) is 108 Å². The number of nitrogens with one attached hydrogen (secondary N) is 1. The van der Waals surface area contributed by atoms with E-state index in [1.165, 1.54) is 0 Å². The van der Waals surface area contributed by atoms with Gasteiger partial charge in [0.25, 0.3) is 5.91 Å². The van der Waals surface area contributed by atoms with Gasteiger partial charge in [-0.2, -0.15) is 5.10 Å². The Bertz CT molecular complexity index is 1770. The predicted octanol–water partition coefficient (Wildman–Crippen LogP) is 3.88. The second kappa shape index (κ2) is 11.4. The van der Waals surface area contributed by atoms with Crippen LogP contribution < -0.4 is 10.2 Å². The third-order valence-corrected chi connectivity index (χ3v) is 8.71. The van der Waals surface area contributed by atoms with Gasteiger partial charge in [-0.15, -0.1) is 0 Å². The van der Waals surface area contributed by atoms with Crippen molar-refractivity contribution in [3.63, 3.8) is 0 Å². The average Bonchev–Trinajstić information content (AvgIpc) is 3.76. The Balaban J connectivity index is 1.36. The third-order valence-electron chi connectivity index (χ3n) is 8.71. The molecule has 0 spiro atoms. The number of anilines is 1. The molecule has 1 aliphatic heterocycles. The molecule has 2 aliphatic rings. The number of pyridine rings is 1. The number of rotatable bonds is 9. The van der Waals surface area contributed by atoms with Crippen molar-refractivity contribution in [1.82, 2.24) is 29.5 Å². The van der Waals surface area contributed by atoms with Gasteiger partial charge in [0.15, 0.2) is 11.3 Å². The standard InChI is InChI=1S/C32H35N7O4/c1-37(16-20-8-5-4-6-9-20)25-14-24(36-39-26(15-34-31(25)39)32(40)35-23-11-12-28(23)41-2)22-17-38(27-18-43-19-29(27)42-3)30-21(22)10-7-13-33-30/h4-10,13-15,17,23,27-29H,11-12,16,18-19H2,1-3H3,(H,35,40)/t23-,27-,28-,29-/m1/s1. The highest BCUT2D eigenvalue weighted by Crippen LogP contribution is 2.36. The van der Waals surface area contributed by atoms with E-state index in [1.807, 2.05) is 43.4 Å². The first-order chi connectivity index (χ1) is 21.1. The van der Waals surface area contributed by atoms with E-state index in [-0.39, 0.29) is 30.2 Å². The molecule has 222 valence electrons. The Morgan fingerprint density at radius 1 is 1.05 bits per heavy atom. The maximum Gasteiger partial charge on any atom is 0.271 e. The van der Waals surface area contributed by atoms with Crippen LogP contribution in [-0.4, -0.2) is 82.8 Å². The number of carbonyl (C=O) groups excluding carboxylic acids is 1. The van der Waals surface area contributed by atoms with Crippen LogP contribution in [0.2, 0.25) is 0 Å². The van der Waals surface area contributed by atoms with Crippen molar-refractivity contribution >= 4 is 28.3 Å². The fourth-order valence-electron chi connectivity index (χ4n) is 6.17. The van der Waals surface area contributed by atoms with E-state index >= 15 is 0 Å². The minimum Gasteiger partial charge on any atom is -0.379 e. The van der Waals surface area contributed by atoms with E-state index in [4.69, 9.17) is 29.3 Å². The summed E-state index contributed by atoms with van der Waals surface area (Å²) < 4.78 is 20.8. The molecule has 1 saturated carbocycles.